The minimum absolute atomic E-state index is 0.0498. The summed E-state index contributed by atoms with van der Waals surface area (Å²) in [6.45, 7) is 3.48. The summed E-state index contributed by atoms with van der Waals surface area (Å²) in [5.74, 6) is -0.297. The summed E-state index contributed by atoms with van der Waals surface area (Å²) < 4.78 is -1.69. The molecule has 12 heavy (non-hydrogen) atoms. The maximum absolute atomic E-state index is 11.1. The van der Waals surface area contributed by atoms with E-state index in [4.69, 9.17) is 40.5 Å². The summed E-state index contributed by atoms with van der Waals surface area (Å²) in [6.07, 6.45) is 1.15. The van der Waals surface area contributed by atoms with Gasteiger partial charge >= 0.3 is 0 Å². The molecule has 2 nitrogen and oxygen atoms in total. The highest BCUT2D eigenvalue weighted by Crippen LogP contribution is 2.31. The van der Waals surface area contributed by atoms with Crippen molar-refractivity contribution >= 4 is 40.6 Å². The van der Waals surface area contributed by atoms with E-state index in [0.717, 1.165) is 6.08 Å². The molecule has 0 unspecified atom stereocenters. The first-order valence-corrected chi connectivity index (χ1v) is 4.46. The molecule has 2 N–H and O–H groups in total. The van der Waals surface area contributed by atoms with E-state index in [2.05, 4.69) is 0 Å². The van der Waals surface area contributed by atoms with Gasteiger partial charge in [0.1, 0.15) is 0 Å². The predicted molar refractivity (Wildman–Crippen MR) is 52.4 cm³/mol. The third kappa shape index (κ3) is 4.19. The van der Waals surface area contributed by atoms with Crippen LogP contribution in [-0.4, -0.2) is 9.58 Å². The molecule has 0 heterocycles. The van der Waals surface area contributed by atoms with Gasteiger partial charge in [-0.05, 0) is 0 Å². The summed E-state index contributed by atoms with van der Waals surface area (Å²) in [5, 5.41) is 0. The van der Waals surface area contributed by atoms with Crippen LogP contribution in [-0.2, 0) is 4.79 Å². The van der Waals surface area contributed by atoms with Crippen molar-refractivity contribution in [1.82, 2.24) is 0 Å². The highest BCUT2D eigenvalue weighted by molar-refractivity contribution is 6.69. The Morgan fingerprint density at radius 1 is 1.42 bits per heavy atom. The van der Waals surface area contributed by atoms with Gasteiger partial charge in [0, 0.05) is 12.0 Å². The lowest BCUT2D eigenvalue weighted by Crippen LogP contribution is -2.18. The summed E-state index contributed by atoms with van der Waals surface area (Å²) in [4.78, 5) is 11.1. The highest BCUT2D eigenvalue weighted by atomic mass is 35.6. The van der Waals surface area contributed by atoms with Crippen LogP contribution in [0.2, 0.25) is 0 Å². The molecule has 0 radical (unpaired) electrons. The Balaban J connectivity index is 4.48. The predicted octanol–water partition coefficient (Wildman–Crippen LogP) is 2.42. The van der Waals surface area contributed by atoms with Crippen LogP contribution in [0.1, 0.15) is 13.8 Å². The van der Waals surface area contributed by atoms with Crippen molar-refractivity contribution in [2.24, 2.45) is 11.7 Å². The van der Waals surface area contributed by atoms with Crippen LogP contribution in [0, 0.1) is 5.92 Å². The van der Waals surface area contributed by atoms with E-state index >= 15 is 0 Å². The Hall–Kier alpha value is 0.0800. The zero-order valence-electron chi connectivity index (χ0n) is 6.77. The molecule has 0 saturated heterocycles. The molecule has 0 atom stereocenters. The molecule has 0 aromatic carbocycles. The van der Waals surface area contributed by atoms with Gasteiger partial charge in [-0.25, -0.2) is 0 Å². The minimum Gasteiger partial charge on any atom is -0.398 e. The number of carbonyl (C=O) groups is 1. The van der Waals surface area contributed by atoms with Gasteiger partial charge in [0.15, 0.2) is 5.78 Å². The van der Waals surface area contributed by atoms with E-state index in [9.17, 15) is 4.79 Å². The van der Waals surface area contributed by atoms with E-state index in [-0.39, 0.29) is 17.4 Å². The van der Waals surface area contributed by atoms with E-state index in [1.807, 2.05) is 0 Å². The Morgan fingerprint density at radius 3 is 2.08 bits per heavy atom. The number of nitrogens with two attached hydrogens (primary N) is 1. The fraction of sp³-hybridized carbons (Fsp3) is 0.571. The molecule has 0 rings (SSSR count). The van der Waals surface area contributed by atoms with Crippen LogP contribution in [0.4, 0.5) is 0 Å². The average molecular weight is 231 g/mol. The first-order chi connectivity index (χ1) is 5.25. The number of halogens is 3. The van der Waals surface area contributed by atoms with Crippen molar-refractivity contribution in [1.29, 1.82) is 0 Å². The standard InChI is InChI=1S/C7H10Cl3NO/c1-4(2)5(12)3-6(11)7(8,9)10/h3-4H,11H2,1-2H3. The fourth-order valence-corrected chi connectivity index (χ4v) is 0.565. The molecular formula is C7H10Cl3NO. The zero-order chi connectivity index (χ0) is 9.94. The number of allylic oxidation sites excluding steroid dienone is 2. The first-order valence-electron chi connectivity index (χ1n) is 3.33. The molecule has 0 aliphatic carbocycles. The van der Waals surface area contributed by atoms with Crippen molar-refractivity contribution in [3.8, 4) is 0 Å². The van der Waals surface area contributed by atoms with Crippen LogP contribution in [0.15, 0.2) is 11.8 Å². The van der Waals surface area contributed by atoms with E-state index < -0.39 is 3.79 Å². The Morgan fingerprint density at radius 2 is 1.83 bits per heavy atom. The second-order valence-corrected chi connectivity index (χ2v) is 4.94. The number of hydrogen-bond donors (Lipinski definition) is 1. The van der Waals surface area contributed by atoms with Gasteiger partial charge in [0.25, 0.3) is 0 Å². The quantitative estimate of drug-likeness (QED) is 0.585. The van der Waals surface area contributed by atoms with Gasteiger partial charge in [-0.3, -0.25) is 4.79 Å². The van der Waals surface area contributed by atoms with E-state index in [1.165, 1.54) is 0 Å². The Bertz CT molecular complexity index is 205. The van der Waals surface area contributed by atoms with Crippen LogP contribution >= 0.6 is 34.8 Å². The molecule has 5 heteroatoms. The monoisotopic (exact) mass is 229 g/mol. The number of ketones is 1. The molecule has 70 valence electrons. The summed E-state index contributed by atoms with van der Waals surface area (Å²) >= 11 is 16.3. The van der Waals surface area contributed by atoms with Gasteiger partial charge in [-0.1, -0.05) is 48.7 Å². The fourth-order valence-electron chi connectivity index (χ4n) is 0.402. The van der Waals surface area contributed by atoms with Crippen LogP contribution < -0.4 is 5.73 Å². The zero-order valence-corrected chi connectivity index (χ0v) is 9.04. The molecule has 0 aliphatic rings. The van der Waals surface area contributed by atoms with Crippen molar-refractivity contribution in [3.05, 3.63) is 11.8 Å². The maximum Gasteiger partial charge on any atom is 0.230 e. The second-order valence-electron chi connectivity index (χ2n) is 2.65. The van der Waals surface area contributed by atoms with Crippen molar-refractivity contribution in [2.45, 2.75) is 17.6 Å². The van der Waals surface area contributed by atoms with Gasteiger partial charge in [0.05, 0.1) is 5.70 Å². The SMILES string of the molecule is CC(C)C(=O)C=C(N)C(Cl)(Cl)Cl. The van der Waals surface area contributed by atoms with Crippen LogP contribution in [0.25, 0.3) is 0 Å². The Labute approximate surface area is 86.7 Å². The molecule has 0 fully saturated rings. The number of alkyl halides is 3. The number of carbonyl (C=O) groups excluding carboxylic acids is 1. The molecular weight excluding hydrogens is 220 g/mol. The molecule has 0 bridgehead atoms. The Kier molecular flexibility index (Phi) is 4.38. The number of hydrogen-bond acceptors (Lipinski definition) is 2. The largest absolute Gasteiger partial charge is 0.398 e. The van der Waals surface area contributed by atoms with Crippen LogP contribution in [0.5, 0.6) is 0 Å². The van der Waals surface area contributed by atoms with E-state index in [0.29, 0.717) is 0 Å². The summed E-state index contributed by atoms with van der Waals surface area (Å²) in [7, 11) is 0. The first kappa shape index (κ1) is 12.1. The third-order valence-electron chi connectivity index (χ3n) is 1.19. The van der Waals surface area contributed by atoms with Gasteiger partial charge in [-0.15, -0.1) is 0 Å². The van der Waals surface area contributed by atoms with Gasteiger partial charge in [0.2, 0.25) is 3.79 Å². The van der Waals surface area contributed by atoms with Crippen molar-refractivity contribution < 1.29 is 4.79 Å². The van der Waals surface area contributed by atoms with Crippen molar-refractivity contribution in [2.75, 3.05) is 0 Å². The topological polar surface area (TPSA) is 43.1 Å². The third-order valence-corrected chi connectivity index (χ3v) is 1.85. The minimum atomic E-state index is -1.69. The lowest BCUT2D eigenvalue weighted by Gasteiger charge is -2.10. The lowest BCUT2D eigenvalue weighted by atomic mass is 10.1. The molecule has 0 spiro atoms. The van der Waals surface area contributed by atoms with Crippen LogP contribution in [0.3, 0.4) is 0 Å². The van der Waals surface area contributed by atoms with Gasteiger partial charge < -0.3 is 5.73 Å². The smallest absolute Gasteiger partial charge is 0.230 e. The molecule has 0 aromatic rings. The molecule has 0 saturated carbocycles. The molecule has 0 aliphatic heterocycles. The second kappa shape index (κ2) is 4.35. The van der Waals surface area contributed by atoms with Gasteiger partial charge in [-0.2, -0.15) is 0 Å². The van der Waals surface area contributed by atoms with Crippen molar-refractivity contribution in [3.63, 3.8) is 0 Å². The average Bonchev–Trinajstić information content (AvgIpc) is 1.85. The highest BCUT2D eigenvalue weighted by Gasteiger charge is 2.24. The summed E-state index contributed by atoms with van der Waals surface area (Å²) in [5.41, 5.74) is 5.28. The normalized spacial score (nSPS) is 13.7. The lowest BCUT2D eigenvalue weighted by molar-refractivity contribution is -0.117. The maximum atomic E-state index is 11.1. The summed E-state index contributed by atoms with van der Waals surface area (Å²) in [6, 6.07) is 0. The molecule has 0 aromatic heterocycles. The molecule has 0 amide bonds. The number of rotatable bonds is 2. The van der Waals surface area contributed by atoms with E-state index in [1.54, 1.807) is 13.8 Å².